The van der Waals surface area contributed by atoms with Crippen molar-refractivity contribution in [1.29, 1.82) is 0 Å². The lowest BCUT2D eigenvalue weighted by molar-refractivity contribution is -0.00206. The molecule has 2 aliphatic rings. The summed E-state index contributed by atoms with van der Waals surface area (Å²) in [6.45, 7) is 2.27. The first kappa shape index (κ1) is 22.0. The summed E-state index contributed by atoms with van der Waals surface area (Å²) in [6, 6.07) is 13.1. The summed E-state index contributed by atoms with van der Waals surface area (Å²) in [5, 5.41) is 8.28. The molecule has 3 aromatic rings. The van der Waals surface area contributed by atoms with Gasteiger partial charge in [-0.1, -0.05) is 17.3 Å². The molecule has 1 saturated heterocycles. The Labute approximate surface area is 195 Å². The zero-order valence-electron chi connectivity index (χ0n) is 18.7. The lowest BCUT2D eigenvalue weighted by Crippen LogP contribution is -2.50. The molecule has 9 nitrogen and oxygen atoms in total. The quantitative estimate of drug-likeness (QED) is 0.588. The molecule has 2 aliphatic heterocycles. The van der Waals surface area contributed by atoms with Crippen LogP contribution in [0.5, 0.6) is 5.75 Å². The number of benzene rings is 2. The van der Waals surface area contributed by atoms with E-state index in [2.05, 4.69) is 10.3 Å². The van der Waals surface area contributed by atoms with Gasteiger partial charge in [-0.2, -0.15) is 0 Å². The lowest BCUT2D eigenvalue weighted by atomic mass is 10.1. The van der Waals surface area contributed by atoms with E-state index in [9.17, 15) is 14.0 Å². The molecule has 0 unspecified atom stereocenters. The molecule has 3 heterocycles. The van der Waals surface area contributed by atoms with E-state index in [1.54, 1.807) is 58.0 Å². The minimum Gasteiger partial charge on any atom is -0.497 e. The molecule has 1 atom stereocenters. The monoisotopic (exact) mass is 465 g/mol. The van der Waals surface area contributed by atoms with Crippen LogP contribution in [0.15, 0.2) is 48.5 Å². The van der Waals surface area contributed by atoms with E-state index in [4.69, 9.17) is 9.47 Å². The maximum absolute atomic E-state index is 13.2. The molecule has 0 aliphatic carbocycles. The van der Waals surface area contributed by atoms with Gasteiger partial charge in [0, 0.05) is 31.7 Å². The highest BCUT2D eigenvalue weighted by molar-refractivity contribution is 5.95. The first-order chi connectivity index (χ1) is 16.5. The molecule has 10 heteroatoms. The van der Waals surface area contributed by atoms with E-state index in [0.717, 1.165) is 5.56 Å². The SMILES string of the molecule is COc1ccc(C(=O)N2CCN(C(=O)c3nnn4c3CO[C@H](c3ccc(F)cc3)C4)CC2)cc1. The Balaban J connectivity index is 1.21. The molecule has 2 amide bonds. The Morgan fingerprint density at radius 2 is 1.62 bits per heavy atom. The van der Waals surface area contributed by atoms with Crippen LogP contribution in [0.2, 0.25) is 0 Å². The molecule has 34 heavy (non-hydrogen) atoms. The van der Waals surface area contributed by atoms with Gasteiger partial charge in [0.2, 0.25) is 0 Å². The molecule has 0 N–H and O–H groups in total. The summed E-state index contributed by atoms with van der Waals surface area (Å²) in [7, 11) is 1.58. The summed E-state index contributed by atoms with van der Waals surface area (Å²) in [6.07, 6.45) is -0.287. The highest BCUT2D eigenvalue weighted by Gasteiger charge is 2.32. The van der Waals surface area contributed by atoms with E-state index >= 15 is 0 Å². The second kappa shape index (κ2) is 9.22. The van der Waals surface area contributed by atoms with Crippen molar-refractivity contribution >= 4 is 11.8 Å². The fourth-order valence-electron chi connectivity index (χ4n) is 4.24. The first-order valence-corrected chi connectivity index (χ1v) is 11.1. The van der Waals surface area contributed by atoms with Crippen LogP contribution in [-0.4, -0.2) is 69.9 Å². The molecule has 0 saturated carbocycles. The van der Waals surface area contributed by atoms with Crippen LogP contribution in [0.4, 0.5) is 4.39 Å². The first-order valence-electron chi connectivity index (χ1n) is 11.1. The van der Waals surface area contributed by atoms with Gasteiger partial charge in [-0.05, 0) is 42.0 Å². The van der Waals surface area contributed by atoms with Crippen molar-refractivity contribution in [1.82, 2.24) is 24.8 Å². The number of halogens is 1. The van der Waals surface area contributed by atoms with E-state index in [-0.39, 0.29) is 36.0 Å². The Hall–Kier alpha value is -3.79. The Morgan fingerprint density at radius 3 is 2.26 bits per heavy atom. The molecule has 1 fully saturated rings. The molecule has 0 radical (unpaired) electrons. The van der Waals surface area contributed by atoms with E-state index < -0.39 is 0 Å². The van der Waals surface area contributed by atoms with Gasteiger partial charge >= 0.3 is 0 Å². The number of nitrogens with zero attached hydrogens (tertiary/aromatic N) is 5. The molecule has 0 bridgehead atoms. The summed E-state index contributed by atoms with van der Waals surface area (Å²) >= 11 is 0. The third-order valence-corrected chi connectivity index (χ3v) is 6.23. The minimum absolute atomic E-state index is 0.0731. The average Bonchev–Trinajstić information content (AvgIpc) is 3.32. The molecular formula is C24H24FN5O4. The molecule has 176 valence electrons. The van der Waals surface area contributed by atoms with Crippen LogP contribution in [0.1, 0.15) is 38.2 Å². The number of amides is 2. The minimum atomic E-state index is -0.306. The fourth-order valence-corrected chi connectivity index (χ4v) is 4.24. The van der Waals surface area contributed by atoms with Crippen LogP contribution in [0, 0.1) is 5.82 Å². The number of carbonyl (C=O) groups is 2. The van der Waals surface area contributed by atoms with Crippen molar-refractivity contribution in [3.63, 3.8) is 0 Å². The number of methoxy groups -OCH3 is 1. The number of piperazine rings is 1. The summed E-state index contributed by atoms with van der Waals surface area (Å²) in [4.78, 5) is 29.3. The van der Waals surface area contributed by atoms with Gasteiger partial charge < -0.3 is 19.3 Å². The van der Waals surface area contributed by atoms with E-state index in [1.165, 1.54) is 12.1 Å². The van der Waals surface area contributed by atoms with E-state index in [0.29, 0.717) is 49.7 Å². The van der Waals surface area contributed by atoms with Crippen molar-refractivity contribution in [2.24, 2.45) is 0 Å². The van der Waals surface area contributed by atoms with Crippen molar-refractivity contribution in [2.75, 3.05) is 33.3 Å². The molecule has 2 aromatic carbocycles. The van der Waals surface area contributed by atoms with Crippen molar-refractivity contribution < 1.29 is 23.5 Å². The van der Waals surface area contributed by atoms with Crippen LogP contribution in [0.3, 0.4) is 0 Å². The standard InChI is InChI=1S/C24H24FN5O4/c1-33-19-8-4-17(5-9-19)23(31)28-10-12-29(13-11-28)24(32)22-20-15-34-21(14-30(20)27-26-22)16-2-6-18(25)7-3-16/h2-9,21H,10-15H2,1H3/t21-/m0/s1. The van der Waals surface area contributed by atoms with Gasteiger partial charge in [0.05, 0.1) is 26.0 Å². The maximum atomic E-state index is 13.2. The summed E-state index contributed by atoms with van der Waals surface area (Å²) in [5.41, 5.74) is 2.32. The Bertz CT molecular complexity index is 1190. The smallest absolute Gasteiger partial charge is 0.276 e. The largest absolute Gasteiger partial charge is 0.497 e. The normalized spacial score (nSPS) is 17.9. The third kappa shape index (κ3) is 4.24. The summed E-state index contributed by atoms with van der Waals surface area (Å²) in [5.74, 6) is 0.0919. The highest BCUT2D eigenvalue weighted by atomic mass is 19.1. The second-order valence-electron chi connectivity index (χ2n) is 8.23. The maximum Gasteiger partial charge on any atom is 0.276 e. The molecule has 5 rings (SSSR count). The van der Waals surface area contributed by atoms with Crippen molar-refractivity contribution in [3.05, 3.63) is 76.9 Å². The topological polar surface area (TPSA) is 89.8 Å². The number of hydrogen-bond donors (Lipinski definition) is 0. The highest BCUT2D eigenvalue weighted by Crippen LogP contribution is 2.27. The number of ether oxygens (including phenoxy) is 2. The van der Waals surface area contributed by atoms with Gasteiger partial charge in [0.15, 0.2) is 5.69 Å². The van der Waals surface area contributed by atoms with Crippen LogP contribution in [0.25, 0.3) is 0 Å². The zero-order chi connectivity index (χ0) is 23.7. The number of fused-ring (bicyclic) bond motifs is 1. The van der Waals surface area contributed by atoms with Gasteiger partial charge in [0.1, 0.15) is 17.7 Å². The Morgan fingerprint density at radius 1 is 0.971 bits per heavy atom. The molecule has 1 aromatic heterocycles. The second-order valence-corrected chi connectivity index (χ2v) is 8.23. The number of hydrogen-bond acceptors (Lipinski definition) is 6. The van der Waals surface area contributed by atoms with Crippen molar-refractivity contribution in [2.45, 2.75) is 19.3 Å². The Kier molecular flexibility index (Phi) is 5.97. The van der Waals surface area contributed by atoms with Gasteiger partial charge in [0.25, 0.3) is 11.8 Å². The van der Waals surface area contributed by atoms with Crippen molar-refractivity contribution in [3.8, 4) is 5.75 Å². The molecular weight excluding hydrogens is 441 g/mol. The zero-order valence-corrected chi connectivity index (χ0v) is 18.7. The average molecular weight is 465 g/mol. The van der Waals surface area contributed by atoms with Crippen LogP contribution in [-0.2, 0) is 17.9 Å². The van der Waals surface area contributed by atoms with Crippen LogP contribution >= 0.6 is 0 Å². The number of aromatic nitrogens is 3. The number of rotatable bonds is 4. The van der Waals surface area contributed by atoms with Gasteiger partial charge in [-0.25, -0.2) is 9.07 Å². The molecule has 0 spiro atoms. The third-order valence-electron chi connectivity index (χ3n) is 6.23. The lowest BCUT2D eigenvalue weighted by Gasteiger charge is -2.34. The predicted octanol–water partition coefficient (Wildman–Crippen LogP) is 2.30. The predicted molar refractivity (Wildman–Crippen MR) is 119 cm³/mol. The van der Waals surface area contributed by atoms with Crippen LogP contribution < -0.4 is 4.74 Å². The summed E-state index contributed by atoms with van der Waals surface area (Å²) < 4.78 is 25.9. The van der Waals surface area contributed by atoms with Gasteiger partial charge in [-0.15, -0.1) is 5.10 Å². The fraction of sp³-hybridized carbons (Fsp3) is 0.333. The van der Waals surface area contributed by atoms with Gasteiger partial charge in [-0.3, -0.25) is 9.59 Å². The van der Waals surface area contributed by atoms with E-state index in [1.807, 2.05) is 0 Å². The number of carbonyl (C=O) groups excluding carboxylic acids is 2.